The molecule has 1 aliphatic heterocycles. The topological polar surface area (TPSA) is 66.4 Å². The van der Waals surface area contributed by atoms with Gasteiger partial charge in [0.25, 0.3) is 0 Å². The Morgan fingerprint density at radius 2 is 1.83 bits per heavy atom. The predicted octanol–water partition coefficient (Wildman–Crippen LogP) is 2.02. The van der Waals surface area contributed by atoms with Crippen molar-refractivity contribution >= 4 is 52.4 Å². The van der Waals surface area contributed by atoms with Gasteiger partial charge in [-0.3, -0.25) is 0 Å². The Kier molecular flexibility index (Phi) is 5.64. The number of benzene rings is 2. The number of aliphatic hydroxyl groups is 1. The van der Waals surface area contributed by atoms with Gasteiger partial charge in [-0.25, -0.2) is 0 Å². The molecule has 0 saturated carbocycles. The molecule has 0 amide bonds. The van der Waals surface area contributed by atoms with E-state index in [1.807, 2.05) is 44.3 Å². The van der Waals surface area contributed by atoms with Gasteiger partial charge in [0.05, 0.1) is 0 Å². The molecule has 0 radical (unpaired) electrons. The molecule has 4 nitrogen and oxygen atoms in total. The summed E-state index contributed by atoms with van der Waals surface area (Å²) in [5.41, 5.74) is 0.569. The van der Waals surface area contributed by atoms with Crippen molar-refractivity contribution in [2.45, 2.75) is 10.1 Å². The zero-order valence-electron chi connectivity index (χ0n) is 12.1. The molecule has 2 unspecified atom stereocenters. The molecule has 0 aliphatic carbocycles. The number of rotatable bonds is 5. The summed E-state index contributed by atoms with van der Waals surface area (Å²) in [4.78, 5) is 0.256. The van der Waals surface area contributed by atoms with Crippen molar-refractivity contribution < 1.29 is 13.5 Å². The van der Waals surface area contributed by atoms with E-state index < -0.39 is 22.4 Å². The van der Waals surface area contributed by atoms with Gasteiger partial charge in [-0.05, 0) is 0 Å². The van der Waals surface area contributed by atoms with E-state index in [4.69, 9.17) is 0 Å². The van der Waals surface area contributed by atoms with Crippen molar-refractivity contribution in [2.24, 2.45) is 0 Å². The van der Waals surface area contributed by atoms with E-state index in [-0.39, 0.29) is 11.5 Å². The molecule has 23 heavy (non-hydrogen) atoms. The first-order valence-corrected chi connectivity index (χ1v) is 15.8. The van der Waals surface area contributed by atoms with Crippen LogP contribution < -0.4 is 9.07 Å². The van der Waals surface area contributed by atoms with E-state index in [1.54, 1.807) is 30.3 Å². The molecular formula is C15H16AsNO3S3. The summed E-state index contributed by atoms with van der Waals surface area (Å²) in [6.07, 6.45) is 0. The van der Waals surface area contributed by atoms with Gasteiger partial charge in [-0.15, -0.1) is 0 Å². The van der Waals surface area contributed by atoms with Crippen LogP contribution in [-0.2, 0) is 10.0 Å². The second-order valence-corrected chi connectivity index (χ2v) is 18.2. The first kappa shape index (κ1) is 17.2. The average molecular weight is 429 g/mol. The molecule has 2 aromatic carbocycles. The number of hydrogen-bond donors (Lipinski definition) is 2. The third-order valence-corrected chi connectivity index (χ3v) is 18.6. The van der Waals surface area contributed by atoms with E-state index in [2.05, 4.69) is 4.72 Å². The molecule has 0 bridgehead atoms. The van der Waals surface area contributed by atoms with Gasteiger partial charge in [0, 0.05) is 0 Å². The van der Waals surface area contributed by atoms with Gasteiger partial charge in [0.15, 0.2) is 0 Å². The minimum absolute atomic E-state index is 0.234. The first-order chi connectivity index (χ1) is 11.1. The summed E-state index contributed by atoms with van der Waals surface area (Å²) in [7, 11) is 0.314. The molecule has 1 aliphatic rings. The van der Waals surface area contributed by atoms with Crippen molar-refractivity contribution in [1.82, 2.24) is 0 Å². The molecule has 1 fully saturated rings. The summed E-state index contributed by atoms with van der Waals surface area (Å²) < 4.78 is 28.5. The molecule has 0 aromatic heterocycles. The van der Waals surface area contributed by atoms with E-state index in [1.165, 1.54) is 4.35 Å². The molecule has 122 valence electrons. The van der Waals surface area contributed by atoms with Gasteiger partial charge >= 0.3 is 148 Å². The van der Waals surface area contributed by atoms with Crippen LogP contribution in [0, 0.1) is 0 Å². The van der Waals surface area contributed by atoms with Crippen LogP contribution in [0.25, 0.3) is 0 Å². The Morgan fingerprint density at radius 1 is 1.13 bits per heavy atom. The summed E-state index contributed by atoms with van der Waals surface area (Å²) in [6, 6.07) is 16.0. The summed E-state index contributed by atoms with van der Waals surface area (Å²) in [6.45, 7) is 0.234. The quantitative estimate of drug-likeness (QED) is 0.712. The van der Waals surface area contributed by atoms with Crippen molar-refractivity contribution in [3.63, 3.8) is 0 Å². The number of nitrogens with one attached hydrogen (secondary N) is 1. The van der Waals surface area contributed by atoms with Crippen LogP contribution in [0.1, 0.15) is 0 Å². The van der Waals surface area contributed by atoms with Gasteiger partial charge in [-0.2, -0.15) is 0 Å². The molecule has 8 heteroatoms. The van der Waals surface area contributed by atoms with Crippen molar-refractivity contribution in [3.05, 3.63) is 54.6 Å². The number of aliphatic hydroxyl groups excluding tert-OH is 1. The number of sulfonamides is 1. The Bertz CT molecular complexity index is 753. The van der Waals surface area contributed by atoms with E-state index in [9.17, 15) is 13.5 Å². The molecule has 0 spiro atoms. The van der Waals surface area contributed by atoms with Crippen LogP contribution in [-0.4, -0.2) is 43.5 Å². The van der Waals surface area contributed by atoms with Crippen molar-refractivity contribution in [2.75, 3.05) is 17.1 Å². The SMILES string of the molecule is O=S(=O)(Nc1ccc([As]2SCC(CO)S2)cc1)c1ccccc1. The third kappa shape index (κ3) is 4.28. The number of hydrogen-bond acceptors (Lipinski definition) is 5. The minimum atomic E-state index is -3.54. The Hall–Kier alpha value is -0.592. The first-order valence-electron chi connectivity index (χ1n) is 6.97. The molecule has 2 aromatic rings. The normalized spacial score (nSPS) is 21.3. The Balaban J connectivity index is 1.71. The van der Waals surface area contributed by atoms with Crippen LogP contribution >= 0.6 is 20.0 Å². The van der Waals surface area contributed by atoms with Gasteiger partial charge in [0.1, 0.15) is 0 Å². The second kappa shape index (κ2) is 7.53. The summed E-state index contributed by atoms with van der Waals surface area (Å²) >= 11 is -1.22. The van der Waals surface area contributed by atoms with Crippen LogP contribution in [0.3, 0.4) is 0 Å². The zero-order valence-corrected chi connectivity index (χ0v) is 16.4. The van der Waals surface area contributed by atoms with Gasteiger partial charge in [-0.1, -0.05) is 0 Å². The molecular weight excluding hydrogens is 413 g/mol. The van der Waals surface area contributed by atoms with Gasteiger partial charge < -0.3 is 0 Å². The van der Waals surface area contributed by atoms with E-state index >= 15 is 0 Å². The summed E-state index contributed by atoms with van der Waals surface area (Å²) in [5, 5.41) is 9.57. The molecule has 1 heterocycles. The number of anilines is 1. The third-order valence-electron chi connectivity index (χ3n) is 3.21. The molecule has 2 N–H and O–H groups in total. The molecule has 2 atom stereocenters. The van der Waals surface area contributed by atoms with Crippen LogP contribution in [0.2, 0.25) is 0 Å². The van der Waals surface area contributed by atoms with Crippen LogP contribution in [0.4, 0.5) is 5.69 Å². The fourth-order valence-electron chi connectivity index (χ4n) is 2.03. The Labute approximate surface area is 147 Å². The summed E-state index contributed by atoms with van der Waals surface area (Å²) in [5.74, 6) is 1.00. The maximum atomic E-state index is 12.3. The second-order valence-electron chi connectivity index (χ2n) is 4.93. The van der Waals surface area contributed by atoms with Crippen LogP contribution in [0.15, 0.2) is 59.5 Å². The molecule has 1 saturated heterocycles. The van der Waals surface area contributed by atoms with Crippen molar-refractivity contribution in [1.29, 1.82) is 0 Å². The Morgan fingerprint density at radius 3 is 2.43 bits per heavy atom. The predicted molar refractivity (Wildman–Crippen MR) is 100 cm³/mol. The average Bonchev–Trinajstić information content (AvgIpc) is 3.05. The van der Waals surface area contributed by atoms with Gasteiger partial charge in [0.2, 0.25) is 0 Å². The van der Waals surface area contributed by atoms with E-state index in [0.717, 1.165) is 5.75 Å². The van der Waals surface area contributed by atoms with Crippen molar-refractivity contribution in [3.8, 4) is 0 Å². The zero-order chi connectivity index (χ0) is 16.3. The monoisotopic (exact) mass is 429 g/mol. The fourth-order valence-corrected chi connectivity index (χ4v) is 18.5. The standard InChI is InChI=1S/C15H16AsNO3S3/c18-10-14-11-21-16(22-14)12-6-8-13(9-7-12)17-23(19,20)15-4-2-1-3-5-15/h1-9,14,17-18H,10-11H2. The maximum absolute atomic E-state index is 12.3. The fraction of sp³-hybridized carbons (Fsp3) is 0.200. The molecule has 3 rings (SSSR count). The van der Waals surface area contributed by atoms with E-state index in [0.29, 0.717) is 10.9 Å². The van der Waals surface area contributed by atoms with Crippen LogP contribution in [0.5, 0.6) is 0 Å².